The van der Waals surface area contributed by atoms with E-state index in [0.29, 0.717) is 32.1 Å². The van der Waals surface area contributed by atoms with E-state index in [0.717, 1.165) is 46.1 Å². The molecule has 7 aromatic rings. The molecule has 3 heterocycles. The quantitative estimate of drug-likeness (QED) is 0.122. The van der Waals surface area contributed by atoms with Crippen molar-refractivity contribution in [3.05, 3.63) is 162 Å². The summed E-state index contributed by atoms with van der Waals surface area (Å²) in [6, 6.07) is 29.8. The smallest absolute Gasteiger partial charge is 0.269 e. The first-order valence-electron chi connectivity index (χ1n) is 17.1. The van der Waals surface area contributed by atoms with Gasteiger partial charge in [-0.1, -0.05) is 53.7 Å². The van der Waals surface area contributed by atoms with E-state index in [9.17, 15) is 22.8 Å². The lowest BCUT2D eigenvalue weighted by Crippen LogP contribution is -2.28. The third-order valence-corrected chi connectivity index (χ3v) is 8.72. The summed E-state index contributed by atoms with van der Waals surface area (Å²) in [7, 11) is 1.50. The minimum Gasteiger partial charge on any atom is -0.457 e. The van der Waals surface area contributed by atoms with Gasteiger partial charge in [-0.3, -0.25) is 19.3 Å². The van der Waals surface area contributed by atoms with Crippen molar-refractivity contribution in [3.8, 4) is 22.8 Å². The predicted molar refractivity (Wildman–Crippen MR) is 196 cm³/mol. The van der Waals surface area contributed by atoms with Gasteiger partial charge in [-0.05, 0) is 54.4 Å². The minimum atomic E-state index is -0.835. The fourth-order valence-electron chi connectivity index (χ4n) is 6.17. The first-order chi connectivity index (χ1) is 26.2. The molecule has 0 fully saturated rings. The fraction of sp³-hybridized carbons (Fsp3) is 0.146. The number of pyridine rings is 1. The Balaban J connectivity index is 0.936. The van der Waals surface area contributed by atoms with E-state index in [4.69, 9.17) is 4.74 Å². The summed E-state index contributed by atoms with van der Waals surface area (Å²) in [5, 5.41) is 12.7. The maximum absolute atomic E-state index is 14.2. The Hall–Kier alpha value is -6.76. The Morgan fingerprint density at radius 3 is 2.44 bits per heavy atom. The first-order valence-corrected chi connectivity index (χ1v) is 17.1. The van der Waals surface area contributed by atoms with E-state index in [1.54, 1.807) is 4.68 Å². The summed E-state index contributed by atoms with van der Waals surface area (Å²) >= 11 is 0. The highest BCUT2D eigenvalue weighted by Crippen LogP contribution is 2.30. The molecule has 0 spiro atoms. The number of hydrogen-bond acceptors (Lipinski definition) is 6. The number of halogens is 3. The Morgan fingerprint density at radius 2 is 1.63 bits per heavy atom. The predicted octanol–water partition coefficient (Wildman–Crippen LogP) is 7.65. The molecule has 1 N–H and O–H groups in total. The van der Waals surface area contributed by atoms with E-state index in [-0.39, 0.29) is 34.9 Å². The Bertz CT molecular complexity index is 2430. The zero-order valence-corrected chi connectivity index (χ0v) is 29.1. The van der Waals surface area contributed by atoms with Crippen LogP contribution in [0.25, 0.3) is 22.2 Å². The number of rotatable bonds is 13. The van der Waals surface area contributed by atoms with Gasteiger partial charge < -0.3 is 19.5 Å². The zero-order chi connectivity index (χ0) is 37.6. The third-order valence-electron chi connectivity index (χ3n) is 8.72. The second-order valence-electron chi connectivity index (χ2n) is 12.7. The van der Waals surface area contributed by atoms with Gasteiger partial charge in [0.15, 0.2) is 0 Å². The summed E-state index contributed by atoms with van der Waals surface area (Å²) in [6.07, 6.45) is 3.83. The summed E-state index contributed by atoms with van der Waals surface area (Å²) in [5.41, 5.74) is 4.60. The van der Waals surface area contributed by atoms with Crippen LogP contribution in [-0.2, 0) is 19.6 Å². The van der Waals surface area contributed by atoms with Crippen LogP contribution in [0.15, 0.2) is 122 Å². The van der Waals surface area contributed by atoms with Crippen molar-refractivity contribution in [3.63, 3.8) is 0 Å². The number of benzene rings is 4. The van der Waals surface area contributed by atoms with Crippen LogP contribution in [0.2, 0.25) is 0 Å². The van der Waals surface area contributed by atoms with Gasteiger partial charge in [-0.2, -0.15) is 0 Å². The lowest BCUT2D eigenvalue weighted by Gasteiger charge is -2.20. The molecule has 0 radical (unpaired) electrons. The molecule has 3 aromatic heterocycles. The molecule has 0 bridgehead atoms. The van der Waals surface area contributed by atoms with Gasteiger partial charge in [0, 0.05) is 78.8 Å². The number of nitrogens with one attached hydrogen (secondary N) is 1. The van der Waals surface area contributed by atoms with Crippen LogP contribution in [0.3, 0.4) is 0 Å². The van der Waals surface area contributed by atoms with E-state index in [1.165, 1.54) is 42.4 Å². The van der Waals surface area contributed by atoms with Crippen molar-refractivity contribution in [2.75, 3.05) is 13.6 Å². The number of aryl methyl sites for hydroxylation is 1. The average Bonchev–Trinajstić information content (AvgIpc) is 3.78. The molecule has 7 rings (SSSR count). The highest BCUT2D eigenvalue weighted by molar-refractivity contribution is 5.98. The number of ether oxygens (including phenoxy) is 1. The van der Waals surface area contributed by atoms with Gasteiger partial charge in [0.1, 0.15) is 40.3 Å². The minimum absolute atomic E-state index is 0.0494. The molecule has 0 atom stereocenters. The molecule has 4 aromatic carbocycles. The third kappa shape index (κ3) is 8.31. The number of amides is 2. The van der Waals surface area contributed by atoms with E-state index in [1.807, 2.05) is 36.5 Å². The van der Waals surface area contributed by atoms with E-state index in [2.05, 4.69) is 55.5 Å². The van der Waals surface area contributed by atoms with Gasteiger partial charge in [-0.25, -0.2) is 13.2 Å². The lowest BCUT2D eigenvalue weighted by molar-refractivity contribution is 0.0784. The Morgan fingerprint density at radius 1 is 0.852 bits per heavy atom. The molecular weight excluding hydrogens is 695 g/mol. The molecule has 10 nitrogen and oxygen atoms in total. The second-order valence-corrected chi connectivity index (χ2v) is 12.7. The molecule has 0 aliphatic heterocycles. The molecule has 272 valence electrons. The topological polar surface area (TPSA) is 107 Å². The largest absolute Gasteiger partial charge is 0.457 e. The van der Waals surface area contributed by atoms with Gasteiger partial charge in [-0.15, -0.1) is 5.10 Å². The van der Waals surface area contributed by atoms with Gasteiger partial charge in [0.25, 0.3) is 11.8 Å². The first kappa shape index (κ1) is 35.6. The number of hydrogen-bond donors (Lipinski definition) is 1. The SMILES string of the molecule is CN(Cc1cc(F)ccc1Oc1cc(F)cc(F)c1)C(=O)c1ccnc(C(=O)NCCCn2cc(Cn3c(-c4ccccc4)cc4ccccc43)nn2)c1. The van der Waals surface area contributed by atoms with Gasteiger partial charge in [0.05, 0.1) is 12.7 Å². The van der Waals surface area contributed by atoms with Crippen molar-refractivity contribution in [1.82, 2.24) is 34.8 Å². The van der Waals surface area contributed by atoms with Crippen LogP contribution >= 0.6 is 0 Å². The van der Waals surface area contributed by atoms with Crippen molar-refractivity contribution >= 4 is 22.7 Å². The highest BCUT2D eigenvalue weighted by Gasteiger charge is 2.19. The molecule has 0 aliphatic rings. The van der Waals surface area contributed by atoms with Crippen LogP contribution in [0.4, 0.5) is 13.2 Å². The molecule has 0 unspecified atom stereocenters. The summed E-state index contributed by atoms with van der Waals surface area (Å²) in [6.45, 7) is 1.28. The molecule has 0 saturated heterocycles. The molecular formula is C41H34F3N7O3. The van der Waals surface area contributed by atoms with E-state index >= 15 is 0 Å². The molecule has 54 heavy (non-hydrogen) atoms. The molecule has 13 heteroatoms. The van der Waals surface area contributed by atoms with Crippen molar-refractivity contribution in [2.24, 2.45) is 0 Å². The highest BCUT2D eigenvalue weighted by atomic mass is 19.1. The van der Waals surface area contributed by atoms with Crippen LogP contribution in [0.5, 0.6) is 11.5 Å². The number of fused-ring (bicyclic) bond motifs is 1. The maximum atomic E-state index is 14.2. The monoisotopic (exact) mass is 729 g/mol. The molecule has 2 amide bonds. The Labute approximate surface area is 308 Å². The summed E-state index contributed by atoms with van der Waals surface area (Å²) in [4.78, 5) is 31.8. The lowest BCUT2D eigenvalue weighted by atomic mass is 10.1. The standard InChI is InChI=1S/C41H34F3N7O3/c1-49(24-30-18-31(42)12-13-39(30)54-35-22-32(43)21-33(44)23-35)41(53)29-14-16-45-36(19-29)40(52)46-15-7-17-50-25-34(47-48-50)26-51-37-11-6-5-10-28(37)20-38(51)27-8-3-2-4-9-27/h2-6,8-14,16,18-23,25H,7,15,17,24,26H2,1H3,(H,46,52). The van der Waals surface area contributed by atoms with Crippen molar-refractivity contribution in [2.45, 2.75) is 26.1 Å². The number of aromatic nitrogens is 5. The van der Waals surface area contributed by atoms with Crippen molar-refractivity contribution < 1.29 is 27.5 Å². The van der Waals surface area contributed by atoms with Crippen LogP contribution in [0.1, 0.15) is 38.5 Å². The zero-order valence-electron chi connectivity index (χ0n) is 29.1. The molecule has 0 saturated carbocycles. The number of carbonyl (C=O) groups excluding carboxylic acids is 2. The van der Waals surface area contributed by atoms with Crippen LogP contribution < -0.4 is 10.1 Å². The van der Waals surface area contributed by atoms with Crippen LogP contribution in [-0.4, -0.2) is 54.9 Å². The number of nitrogens with zero attached hydrogens (tertiary/aromatic N) is 6. The van der Waals surface area contributed by atoms with E-state index < -0.39 is 29.3 Å². The normalized spacial score (nSPS) is 11.1. The molecule has 0 aliphatic carbocycles. The fourth-order valence-corrected chi connectivity index (χ4v) is 6.17. The number of carbonyl (C=O) groups is 2. The van der Waals surface area contributed by atoms with Crippen molar-refractivity contribution in [1.29, 1.82) is 0 Å². The van der Waals surface area contributed by atoms with Crippen LogP contribution in [0, 0.1) is 17.5 Å². The second kappa shape index (κ2) is 15.9. The number of para-hydroxylation sites is 1. The Kier molecular flexibility index (Phi) is 10.5. The maximum Gasteiger partial charge on any atom is 0.269 e. The average molecular weight is 730 g/mol. The summed E-state index contributed by atoms with van der Waals surface area (Å²) in [5.74, 6) is -3.18. The summed E-state index contributed by atoms with van der Waals surface area (Å²) < 4.78 is 51.2. The van der Waals surface area contributed by atoms with Gasteiger partial charge in [0.2, 0.25) is 0 Å². The van der Waals surface area contributed by atoms with Gasteiger partial charge >= 0.3 is 0 Å².